The lowest BCUT2D eigenvalue weighted by molar-refractivity contribution is -0.122. The number of amides is 1. The van der Waals surface area contributed by atoms with Crippen LogP contribution in [0.25, 0.3) is 0 Å². The van der Waals surface area contributed by atoms with Gasteiger partial charge in [0.05, 0.1) is 6.04 Å². The Kier molecular flexibility index (Phi) is 5.61. The van der Waals surface area contributed by atoms with Gasteiger partial charge in [-0.1, -0.05) is 19.1 Å². The Morgan fingerprint density at radius 2 is 2.00 bits per heavy atom. The maximum Gasteiger partial charge on any atom is 0.237 e. The molecule has 1 aromatic carbocycles. The van der Waals surface area contributed by atoms with Crippen molar-refractivity contribution in [3.05, 3.63) is 29.8 Å². The maximum atomic E-state index is 11.7. The molecular weight excluding hydrogens is 232 g/mol. The first kappa shape index (κ1) is 14.5. The highest BCUT2D eigenvalue weighted by Gasteiger charge is 2.14. The summed E-state index contributed by atoms with van der Waals surface area (Å²) in [6.07, 6.45) is 0.416. The van der Waals surface area contributed by atoms with Gasteiger partial charge in [-0.2, -0.15) is 0 Å². The van der Waals surface area contributed by atoms with Crippen molar-refractivity contribution in [1.29, 1.82) is 0 Å². The highest BCUT2D eigenvalue weighted by molar-refractivity contribution is 5.81. The fourth-order valence-corrected chi connectivity index (χ4v) is 1.45. The molecule has 0 fully saturated rings. The molecule has 2 atom stereocenters. The smallest absolute Gasteiger partial charge is 0.237 e. The number of benzene rings is 1. The molecule has 5 heteroatoms. The van der Waals surface area contributed by atoms with E-state index in [1.54, 1.807) is 24.3 Å². The molecule has 0 radical (unpaired) electrons. The van der Waals surface area contributed by atoms with Gasteiger partial charge in [0.25, 0.3) is 0 Å². The van der Waals surface area contributed by atoms with E-state index in [1.165, 1.54) is 0 Å². The second kappa shape index (κ2) is 6.98. The molecule has 0 aliphatic carbocycles. The van der Waals surface area contributed by atoms with Gasteiger partial charge in [-0.05, 0) is 30.0 Å². The number of rotatable bonds is 6. The number of hydrogen-bond acceptors (Lipinski definition) is 4. The SMILES string of the molecule is CC(CO)CNC(=O)[C@@H](N)Cc1ccc(O)cc1. The van der Waals surface area contributed by atoms with Gasteiger partial charge >= 0.3 is 0 Å². The lowest BCUT2D eigenvalue weighted by Crippen LogP contribution is -2.43. The van der Waals surface area contributed by atoms with E-state index >= 15 is 0 Å². The number of carbonyl (C=O) groups excluding carboxylic acids is 1. The monoisotopic (exact) mass is 252 g/mol. The van der Waals surface area contributed by atoms with E-state index in [9.17, 15) is 4.79 Å². The Hall–Kier alpha value is -1.59. The molecule has 100 valence electrons. The molecule has 0 bridgehead atoms. The van der Waals surface area contributed by atoms with Crippen molar-refractivity contribution in [2.24, 2.45) is 11.7 Å². The molecule has 18 heavy (non-hydrogen) atoms. The molecule has 0 aromatic heterocycles. The summed E-state index contributed by atoms with van der Waals surface area (Å²) < 4.78 is 0. The van der Waals surface area contributed by atoms with E-state index in [-0.39, 0.29) is 24.2 Å². The number of nitrogens with one attached hydrogen (secondary N) is 1. The lowest BCUT2D eigenvalue weighted by Gasteiger charge is -2.14. The third-order valence-corrected chi connectivity index (χ3v) is 2.67. The van der Waals surface area contributed by atoms with Crippen molar-refractivity contribution in [2.75, 3.05) is 13.2 Å². The van der Waals surface area contributed by atoms with Crippen molar-refractivity contribution in [3.63, 3.8) is 0 Å². The number of phenolic OH excluding ortho intramolecular Hbond substituents is 1. The molecular formula is C13H20N2O3. The minimum Gasteiger partial charge on any atom is -0.508 e. The predicted octanol–water partition coefficient (Wildman–Crippen LogP) is 0.00660. The second-order valence-corrected chi connectivity index (χ2v) is 4.51. The quantitative estimate of drug-likeness (QED) is 0.573. The van der Waals surface area contributed by atoms with Crippen molar-refractivity contribution in [2.45, 2.75) is 19.4 Å². The first-order chi connectivity index (χ1) is 8.52. The summed E-state index contributed by atoms with van der Waals surface area (Å²) in [6.45, 7) is 2.29. The van der Waals surface area contributed by atoms with Gasteiger partial charge in [0.1, 0.15) is 5.75 Å². The summed E-state index contributed by atoms with van der Waals surface area (Å²) in [5.74, 6) is -0.0215. The van der Waals surface area contributed by atoms with E-state index in [2.05, 4.69) is 5.32 Å². The number of carbonyl (C=O) groups is 1. The number of phenols is 1. The Bertz CT molecular complexity index is 378. The van der Waals surface area contributed by atoms with Gasteiger partial charge < -0.3 is 21.3 Å². The first-order valence-electron chi connectivity index (χ1n) is 5.95. The van der Waals surface area contributed by atoms with Gasteiger partial charge in [0.15, 0.2) is 0 Å². The van der Waals surface area contributed by atoms with Gasteiger partial charge in [0, 0.05) is 13.2 Å². The van der Waals surface area contributed by atoms with E-state index in [1.807, 2.05) is 6.92 Å². The van der Waals surface area contributed by atoms with Crippen molar-refractivity contribution >= 4 is 5.91 Å². The molecule has 0 spiro atoms. The molecule has 1 amide bonds. The van der Waals surface area contributed by atoms with E-state index in [0.29, 0.717) is 13.0 Å². The summed E-state index contributed by atoms with van der Waals surface area (Å²) in [5, 5.41) is 20.7. The summed E-state index contributed by atoms with van der Waals surface area (Å²) >= 11 is 0. The van der Waals surface area contributed by atoms with Crippen LogP contribution in [0, 0.1) is 5.92 Å². The summed E-state index contributed by atoms with van der Waals surface area (Å²) in [4.78, 5) is 11.7. The topological polar surface area (TPSA) is 95.6 Å². The standard InChI is InChI=1S/C13H20N2O3/c1-9(8-16)7-15-13(18)12(14)6-10-2-4-11(17)5-3-10/h2-5,9,12,16-17H,6-8,14H2,1H3,(H,15,18)/t9?,12-/m0/s1. The van der Waals surface area contributed by atoms with Gasteiger partial charge in [-0.25, -0.2) is 0 Å². The van der Waals surface area contributed by atoms with E-state index in [0.717, 1.165) is 5.56 Å². The van der Waals surface area contributed by atoms with Gasteiger partial charge in [-0.3, -0.25) is 4.79 Å². The molecule has 5 N–H and O–H groups in total. The van der Waals surface area contributed by atoms with Gasteiger partial charge in [0.2, 0.25) is 5.91 Å². The Balaban J connectivity index is 2.42. The van der Waals surface area contributed by atoms with Crippen LogP contribution in [-0.4, -0.2) is 35.3 Å². The summed E-state index contributed by atoms with van der Waals surface area (Å²) in [6, 6.07) is 5.97. The molecule has 0 aliphatic heterocycles. The minimum absolute atomic E-state index is 0.0230. The molecule has 1 rings (SSSR count). The van der Waals surface area contributed by atoms with Crippen LogP contribution < -0.4 is 11.1 Å². The molecule has 1 unspecified atom stereocenters. The summed E-state index contributed by atoms with van der Waals surface area (Å²) in [5.41, 5.74) is 6.67. The highest BCUT2D eigenvalue weighted by Crippen LogP contribution is 2.10. The molecule has 0 aliphatic rings. The predicted molar refractivity (Wildman–Crippen MR) is 69.0 cm³/mol. The van der Waals surface area contributed by atoms with Crippen LogP contribution in [0.15, 0.2) is 24.3 Å². The van der Waals surface area contributed by atoms with Gasteiger partial charge in [-0.15, -0.1) is 0 Å². The molecule has 0 saturated heterocycles. The normalized spacial score (nSPS) is 13.9. The highest BCUT2D eigenvalue weighted by atomic mass is 16.3. The molecule has 1 aromatic rings. The average Bonchev–Trinajstić information content (AvgIpc) is 2.38. The Labute approximate surface area is 107 Å². The van der Waals surface area contributed by atoms with Crippen LogP contribution in [-0.2, 0) is 11.2 Å². The second-order valence-electron chi connectivity index (χ2n) is 4.51. The van der Waals surface area contributed by atoms with Crippen LogP contribution >= 0.6 is 0 Å². The zero-order valence-electron chi connectivity index (χ0n) is 10.5. The fraction of sp³-hybridized carbons (Fsp3) is 0.462. The van der Waals surface area contributed by atoms with E-state index < -0.39 is 6.04 Å². The third-order valence-electron chi connectivity index (χ3n) is 2.67. The van der Waals surface area contributed by atoms with Crippen molar-refractivity contribution in [1.82, 2.24) is 5.32 Å². The number of hydrogen-bond donors (Lipinski definition) is 4. The van der Waals surface area contributed by atoms with Crippen molar-refractivity contribution in [3.8, 4) is 5.75 Å². The lowest BCUT2D eigenvalue weighted by atomic mass is 10.1. The Morgan fingerprint density at radius 1 is 1.39 bits per heavy atom. The fourth-order valence-electron chi connectivity index (χ4n) is 1.45. The summed E-state index contributed by atoms with van der Waals surface area (Å²) in [7, 11) is 0. The van der Waals surface area contributed by atoms with Crippen LogP contribution in [0.1, 0.15) is 12.5 Å². The van der Waals surface area contributed by atoms with Crippen LogP contribution in [0.3, 0.4) is 0 Å². The van der Waals surface area contributed by atoms with Crippen LogP contribution in [0.2, 0.25) is 0 Å². The zero-order valence-corrected chi connectivity index (χ0v) is 10.5. The molecule has 5 nitrogen and oxygen atoms in total. The third kappa shape index (κ3) is 4.73. The largest absolute Gasteiger partial charge is 0.508 e. The molecule has 0 heterocycles. The number of aromatic hydroxyl groups is 1. The average molecular weight is 252 g/mol. The first-order valence-corrected chi connectivity index (χ1v) is 5.95. The number of aliphatic hydroxyl groups excluding tert-OH is 1. The Morgan fingerprint density at radius 3 is 2.56 bits per heavy atom. The number of aliphatic hydroxyl groups is 1. The zero-order chi connectivity index (χ0) is 13.5. The van der Waals surface area contributed by atoms with E-state index in [4.69, 9.17) is 15.9 Å². The maximum absolute atomic E-state index is 11.7. The number of nitrogens with two attached hydrogens (primary N) is 1. The molecule has 0 saturated carbocycles. The minimum atomic E-state index is -0.625. The van der Waals surface area contributed by atoms with Crippen LogP contribution in [0.4, 0.5) is 0 Å². The van der Waals surface area contributed by atoms with Crippen LogP contribution in [0.5, 0.6) is 5.75 Å². The van der Waals surface area contributed by atoms with Crippen molar-refractivity contribution < 1.29 is 15.0 Å².